The van der Waals surface area contributed by atoms with Gasteiger partial charge in [-0.1, -0.05) is 54.1 Å². The molecule has 0 bridgehead atoms. The summed E-state index contributed by atoms with van der Waals surface area (Å²) in [6, 6.07) is 15.9. The van der Waals surface area contributed by atoms with E-state index in [1.54, 1.807) is 0 Å². The van der Waals surface area contributed by atoms with Crippen LogP contribution in [0.15, 0.2) is 48.5 Å². The topological polar surface area (TPSA) is 55.1 Å². The Hall–Kier alpha value is -2.13. The van der Waals surface area contributed by atoms with Crippen LogP contribution in [0.3, 0.4) is 0 Å². The average molecular weight is 268 g/mol. The second-order valence-corrected chi connectivity index (χ2v) is 4.91. The maximum absolute atomic E-state index is 12.0. The molecule has 0 saturated carbocycles. The first-order valence-corrected chi connectivity index (χ1v) is 6.78. The van der Waals surface area contributed by atoms with Gasteiger partial charge in [0.1, 0.15) is 0 Å². The summed E-state index contributed by atoms with van der Waals surface area (Å²) in [6.45, 7) is 3.07. The minimum absolute atomic E-state index is 0.0199. The minimum Gasteiger partial charge on any atom is -0.352 e. The summed E-state index contributed by atoms with van der Waals surface area (Å²) in [5.74, 6) is 0.0199. The molecule has 3 nitrogen and oxygen atoms in total. The van der Waals surface area contributed by atoms with Crippen molar-refractivity contribution in [1.82, 2.24) is 5.32 Å². The van der Waals surface area contributed by atoms with Gasteiger partial charge in [0.05, 0.1) is 6.42 Å². The van der Waals surface area contributed by atoms with E-state index in [9.17, 15) is 4.79 Å². The molecule has 2 aromatic carbocycles. The van der Waals surface area contributed by atoms with E-state index in [2.05, 4.69) is 5.32 Å². The normalized spacial score (nSPS) is 10.3. The van der Waals surface area contributed by atoms with Crippen LogP contribution < -0.4 is 11.1 Å². The molecule has 0 aliphatic rings. The van der Waals surface area contributed by atoms with Crippen LogP contribution in [0.5, 0.6) is 0 Å². The molecule has 0 radical (unpaired) electrons. The summed E-state index contributed by atoms with van der Waals surface area (Å²) in [5, 5.41) is 2.94. The Morgan fingerprint density at radius 1 is 1.05 bits per heavy atom. The fraction of sp³-hybridized carbons (Fsp3) is 0.235. The molecule has 2 rings (SSSR count). The zero-order valence-corrected chi connectivity index (χ0v) is 11.7. The van der Waals surface area contributed by atoms with Crippen molar-refractivity contribution in [3.8, 4) is 0 Å². The summed E-state index contributed by atoms with van der Waals surface area (Å²) in [4.78, 5) is 12.0. The van der Waals surface area contributed by atoms with Crippen molar-refractivity contribution in [3.05, 3.63) is 70.8 Å². The second-order valence-electron chi connectivity index (χ2n) is 4.91. The third kappa shape index (κ3) is 3.93. The van der Waals surface area contributed by atoms with E-state index in [1.807, 2.05) is 55.5 Å². The summed E-state index contributed by atoms with van der Waals surface area (Å²) >= 11 is 0. The van der Waals surface area contributed by atoms with Crippen LogP contribution >= 0.6 is 0 Å². The molecule has 104 valence electrons. The highest BCUT2D eigenvalue weighted by Gasteiger charge is 2.06. The van der Waals surface area contributed by atoms with Gasteiger partial charge in [0.15, 0.2) is 0 Å². The predicted molar refractivity (Wildman–Crippen MR) is 81.1 cm³/mol. The lowest BCUT2D eigenvalue weighted by Crippen LogP contribution is -2.25. The van der Waals surface area contributed by atoms with Gasteiger partial charge in [-0.25, -0.2) is 0 Å². The molecule has 0 saturated heterocycles. The van der Waals surface area contributed by atoms with Gasteiger partial charge >= 0.3 is 0 Å². The largest absolute Gasteiger partial charge is 0.352 e. The van der Waals surface area contributed by atoms with Gasteiger partial charge in [0.25, 0.3) is 0 Å². The van der Waals surface area contributed by atoms with Crippen LogP contribution in [0.1, 0.15) is 22.3 Å². The lowest BCUT2D eigenvalue weighted by molar-refractivity contribution is -0.120. The van der Waals surface area contributed by atoms with Gasteiger partial charge in [-0.3, -0.25) is 4.79 Å². The SMILES string of the molecule is Cc1ccc(CNC(=O)Cc2ccccc2CN)cc1. The van der Waals surface area contributed by atoms with E-state index in [0.29, 0.717) is 19.5 Å². The number of rotatable bonds is 5. The highest BCUT2D eigenvalue weighted by atomic mass is 16.1. The summed E-state index contributed by atoms with van der Waals surface area (Å²) < 4.78 is 0. The van der Waals surface area contributed by atoms with E-state index in [0.717, 1.165) is 16.7 Å². The minimum atomic E-state index is 0.0199. The van der Waals surface area contributed by atoms with Gasteiger partial charge in [0, 0.05) is 13.1 Å². The Labute approximate surface area is 119 Å². The monoisotopic (exact) mass is 268 g/mol. The lowest BCUT2D eigenvalue weighted by Gasteiger charge is -2.09. The molecular formula is C17H20N2O. The molecule has 2 aromatic rings. The summed E-state index contributed by atoms with van der Waals surface area (Å²) in [6.07, 6.45) is 0.374. The van der Waals surface area contributed by atoms with Gasteiger partial charge < -0.3 is 11.1 Å². The molecule has 1 amide bonds. The molecule has 0 heterocycles. The molecular weight excluding hydrogens is 248 g/mol. The standard InChI is InChI=1S/C17H20N2O/c1-13-6-8-14(9-7-13)12-19-17(20)10-15-4-2-3-5-16(15)11-18/h2-9H,10-12,18H2,1H3,(H,19,20). The Morgan fingerprint density at radius 2 is 1.70 bits per heavy atom. The predicted octanol–water partition coefficient (Wildman–Crippen LogP) is 2.31. The maximum atomic E-state index is 12.0. The first-order chi connectivity index (χ1) is 9.69. The van der Waals surface area contributed by atoms with Crippen LogP contribution in [0.25, 0.3) is 0 Å². The van der Waals surface area contributed by atoms with E-state index >= 15 is 0 Å². The Balaban J connectivity index is 1.91. The van der Waals surface area contributed by atoms with Crippen molar-refractivity contribution in [1.29, 1.82) is 0 Å². The first kappa shape index (κ1) is 14.3. The zero-order valence-electron chi connectivity index (χ0n) is 11.7. The molecule has 0 atom stereocenters. The molecule has 3 heteroatoms. The number of nitrogens with one attached hydrogen (secondary N) is 1. The zero-order chi connectivity index (χ0) is 14.4. The molecule has 0 aliphatic heterocycles. The highest BCUT2D eigenvalue weighted by molar-refractivity contribution is 5.78. The quantitative estimate of drug-likeness (QED) is 0.874. The van der Waals surface area contributed by atoms with Crippen molar-refractivity contribution in [2.75, 3.05) is 0 Å². The maximum Gasteiger partial charge on any atom is 0.224 e. The molecule has 0 aromatic heterocycles. The molecule has 20 heavy (non-hydrogen) atoms. The van der Waals surface area contributed by atoms with Gasteiger partial charge in [0.2, 0.25) is 5.91 Å². The number of benzene rings is 2. The van der Waals surface area contributed by atoms with E-state index in [4.69, 9.17) is 5.73 Å². The average Bonchev–Trinajstić information content (AvgIpc) is 2.47. The molecule has 0 spiro atoms. The number of hydrogen-bond donors (Lipinski definition) is 2. The van der Waals surface area contributed by atoms with Crippen molar-refractivity contribution < 1.29 is 4.79 Å². The number of aryl methyl sites for hydroxylation is 1. The first-order valence-electron chi connectivity index (χ1n) is 6.78. The third-order valence-electron chi connectivity index (χ3n) is 3.30. The Kier molecular flexibility index (Phi) is 4.91. The molecule has 0 fully saturated rings. The molecule has 3 N–H and O–H groups in total. The van der Waals surface area contributed by atoms with Crippen LogP contribution in [-0.2, 0) is 24.3 Å². The second kappa shape index (κ2) is 6.87. The molecule has 0 aliphatic carbocycles. The third-order valence-corrected chi connectivity index (χ3v) is 3.30. The van der Waals surface area contributed by atoms with Crippen LogP contribution in [-0.4, -0.2) is 5.91 Å². The van der Waals surface area contributed by atoms with E-state index < -0.39 is 0 Å². The molecule has 0 unspecified atom stereocenters. The van der Waals surface area contributed by atoms with E-state index in [1.165, 1.54) is 5.56 Å². The van der Waals surface area contributed by atoms with Gasteiger partial charge in [-0.05, 0) is 23.6 Å². The fourth-order valence-corrected chi connectivity index (χ4v) is 2.07. The lowest BCUT2D eigenvalue weighted by atomic mass is 10.0. The van der Waals surface area contributed by atoms with Crippen molar-refractivity contribution in [2.24, 2.45) is 5.73 Å². The summed E-state index contributed by atoms with van der Waals surface area (Å²) in [5.41, 5.74) is 10.0. The highest BCUT2D eigenvalue weighted by Crippen LogP contribution is 2.09. The number of amides is 1. The van der Waals surface area contributed by atoms with Crippen LogP contribution in [0, 0.1) is 6.92 Å². The van der Waals surface area contributed by atoms with Crippen LogP contribution in [0.2, 0.25) is 0 Å². The number of carbonyl (C=O) groups excluding carboxylic acids is 1. The van der Waals surface area contributed by atoms with Gasteiger partial charge in [-0.15, -0.1) is 0 Å². The summed E-state index contributed by atoms with van der Waals surface area (Å²) in [7, 11) is 0. The number of carbonyl (C=O) groups is 1. The number of nitrogens with two attached hydrogens (primary N) is 1. The fourth-order valence-electron chi connectivity index (χ4n) is 2.07. The number of hydrogen-bond acceptors (Lipinski definition) is 2. The van der Waals surface area contributed by atoms with Crippen molar-refractivity contribution in [3.63, 3.8) is 0 Å². The Morgan fingerprint density at radius 3 is 2.35 bits per heavy atom. The van der Waals surface area contributed by atoms with Crippen molar-refractivity contribution in [2.45, 2.75) is 26.4 Å². The van der Waals surface area contributed by atoms with E-state index in [-0.39, 0.29) is 5.91 Å². The van der Waals surface area contributed by atoms with Crippen molar-refractivity contribution >= 4 is 5.91 Å². The smallest absolute Gasteiger partial charge is 0.224 e. The van der Waals surface area contributed by atoms with Crippen LogP contribution in [0.4, 0.5) is 0 Å². The Bertz CT molecular complexity index is 576. The van der Waals surface area contributed by atoms with Gasteiger partial charge in [-0.2, -0.15) is 0 Å².